The SMILES string of the molecule is BrCCc1ccc2c(N(c3ccccc3)c3ccccc3)c3ccccc3c(N(c3ccccc3)c3ccccc3)c2c1. The summed E-state index contributed by atoms with van der Waals surface area (Å²) in [5.74, 6) is 0. The summed E-state index contributed by atoms with van der Waals surface area (Å²) >= 11 is 3.69. The fourth-order valence-electron chi connectivity index (χ4n) is 6.05. The Bertz CT molecular complexity index is 1900. The lowest BCUT2D eigenvalue weighted by Crippen LogP contribution is -2.14. The van der Waals surface area contributed by atoms with Crippen LogP contribution >= 0.6 is 15.9 Å². The van der Waals surface area contributed by atoms with Crippen molar-refractivity contribution in [1.82, 2.24) is 0 Å². The Kier molecular flexibility index (Phi) is 7.64. The van der Waals surface area contributed by atoms with Crippen molar-refractivity contribution in [1.29, 1.82) is 0 Å². The molecule has 0 aliphatic carbocycles. The summed E-state index contributed by atoms with van der Waals surface area (Å²) in [6.07, 6.45) is 0.954. The van der Waals surface area contributed by atoms with Crippen LogP contribution in [0.4, 0.5) is 34.1 Å². The number of benzene rings is 7. The maximum absolute atomic E-state index is 3.69. The normalized spacial score (nSPS) is 11.1. The third kappa shape index (κ3) is 5.17. The minimum atomic E-state index is 0.912. The van der Waals surface area contributed by atoms with Crippen LogP contribution in [0.5, 0.6) is 0 Å². The zero-order chi connectivity index (χ0) is 29.0. The average Bonchev–Trinajstić information content (AvgIpc) is 3.08. The maximum atomic E-state index is 3.69. The summed E-state index contributed by atoms with van der Waals surface area (Å²) in [5, 5.41) is 5.73. The van der Waals surface area contributed by atoms with E-state index in [0.717, 1.165) is 34.5 Å². The molecule has 7 aromatic rings. The van der Waals surface area contributed by atoms with Gasteiger partial charge in [-0.05, 0) is 66.6 Å². The second kappa shape index (κ2) is 12.2. The molecule has 2 nitrogen and oxygen atoms in total. The number of hydrogen-bond acceptors (Lipinski definition) is 2. The molecular weight excluding hydrogens is 588 g/mol. The van der Waals surface area contributed by atoms with Gasteiger partial charge in [-0.15, -0.1) is 0 Å². The van der Waals surface area contributed by atoms with Gasteiger partial charge in [0.15, 0.2) is 0 Å². The first-order valence-corrected chi connectivity index (χ1v) is 15.8. The van der Waals surface area contributed by atoms with Crippen LogP contribution in [0.15, 0.2) is 164 Å². The minimum absolute atomic E-state index is 0.912. The third-order valence-electron chi connectivity index (χ3n) is 7.92. The van der Waals surface area contributed by atoms with E-state index < -0.39 is 0 Å². The van der Waals surface area contributed by atoms with Crippen LogP contribution in [0.25, 0.3) is 21.5 Å². The first kappa shape index (κ1) is 27.0. The van der Waals surface area contributed by atoms with Crippen LogP contribution in [0.1, 0.15) is 5.56 Å². The Morgan fingerprint density at radius 2 is 0.721 bits per heavy atom. The van der Waals surface area contributed by atoms with E-state index in [0.29, 0.717) is 0 Å². The molecule has 0 aromatic heterocycles. The molecule has 0 amide bonds. The van der Waals surface area contributed by atoms with Crippen LogP contribution in [-0.2, 0) is 6.42 Å². The molecule has 0 aliphatic rings. The highest BCUT2D eigenvalue weighted by atomic mass is 79.9. The van der Waals surface area contributed by atoms with Gasteiger partial charge in [0.1, 0.15) is 0 Å². The highest BCUT2D eigenvalue weighted by Gasteiger charge is 2.25. The number of fused-ring (bicyclic) bond motifs is 2. The standard InChI is InChI=1S/C40H31BrN2/c41-28-27-30-25-26-37-38(29-30)40(43(33-19-9-3-10-20-33)34-21-11-4-12-22-34)36-24-14-13-23-35(36)39(37)42(31-15-5-1-6-16-31)32-17-7-2-8-18-32/h1-26,29H,27-28H2. The van der Waals surface area contributed by atoms with E-state index in [2.05, 4.69) is 190 Å². The number of hydrogen-bond donors (Lipinski definition) is 0. The monoisotopic (exact) mass is 618 g/mol. The van der Waals surface area contributed by atoms with Gasteiger partial charge in [-0.25, -0.2) is 0 Å². The largest absolute Gasteiger partial charge is 0.309 e. The molecule has 0 radical (unpaired) electrons. The summed E-state index contributed by atoms with van der Waals surface area (Å²) in [4.78, 5) is 4.83. The lowest BCUT2D eigenvalue weighted by molar-refractivity contribution is 1.17. The van der Waals surface area contributed by atoms with E-state index in [9.17, 15) is 0 Å². The molecule has 208 valence electrons. The van der Waals surface area contributed by atoms with Gasteiger partial charge in [-0.1, -0.05) is 125 Å². The minimum Gasteiger partial charge on any atom is -0.309 e. The van der Waals surface area contributed by atoms with Crippen LogP contribution in [0.3, 0.4) is 0 Å². The molecule has 3 heteroatoms. The Morgan fingerprint density at radius 3 is 1.12 bits per heavy atom. The lowest BCUT2D eigenvalue weighted by Gasteiger charge is -2.33. The van der Waals surface area contributed by atoms with Crippen molar-refractivity contribution < 1.29 is 0 Å². The summed E-state index contributed by atoms with van der Waals surface area (Å²) < 4.78 is 0. The fourth-order valence-corrected chi connectivity index (χ4v) is 6.51. The van der Waals surface area contributed by atoms with Crippen molar-refractivity contribution in [3.8, 4) is 0 Å². The number of halogens is 1. The first-order valence-electron chi connectivity index (χ1n) is 14.7. The van der Waals surface area contributed by atoms with E-state index in [1.54, 1.807) is 0 Å². The number of anilines is 6. The summed E-state index contributed by atoms with van der Waals surface area (Å²) in [6.45, 7) is 0. The van der Waals surface area contributed by atoms with Crippen molar-refractivity contribution in [3.05, 3.63) is 169 Å². The molecule has 0 heterocycles. The number of aryl methyl sites for hydroxylation is 1. The predicted octanol–water partition coefficient (Wildman–Crippen LogP) is 11.9. The molecule has 43 heavy (non-hydrogen) atoms. The van der Waals surface area contributed by atoms with Gasteiger partial charge < -0.3 is 9.80 Å². The quantitative estimate of drug-likeness (QED) is 0.0949. The van der Waals surface area contributed by atoms with Gasteiger partial charge in [0, 0.05) is 49.6 Å². The highest BCUT2D eigenvalue weighted by molar-refractivity contribution is 9.09. The van der Waals surface area contributed by atoms with E-state index in [4.69, 9.17) is 0 Å². The molecule has 0 saturated carbocycles. The molecular formula is C40H31BrN2. The molecule has 0 N–H and O–H groups in total. The van der Waals surface area contributed by atoms with Crippen molar-refractivity contribution >= 4 is 71.6 Å². The number of rotatable bonds is 8. The second-order valence-corrected chi connectivity index (χ2v) is 11.4. The molecule has 7 rings (SSSR count). The molecule has 0 bridgehead atoms. The van der Waals surface area contributed by atoms with Crippen LogP contribution < -0.4 is 9.80 Å². The zero-order valence-corrected chi connectivity index (χ0v) is 25.4. The summed E-state index contributed by atoms with van der Waals surface area (Å²) in [6, 6.07) is 58.7. The van der Waals surface area contributed by atoms with Gasteiger partial charge in [0.25, 0.3) is 0 Å². The van der Waals surface area contributed by atoms with Crippen LogP contribution in [-0.4, -0.2) is 5.33 Å². The number of alkyl halides is 1. The van der Waals surface area contributed by atoms with E-state index in [1.807, 2.05) is 0 Å². The van der Waals surface area contributed by atoms with Crippen molar-refractivity contribution in [2.24, 2.45) is 0 Å². The molecule has 0 aliphatic heterocycles. The van der Waals surface area contributed by atoms with Gasteiger partial charge in [0.2, 0.25) is 0 Å². The Balaban J connectivity index is 1.64. The second-order valence-electron chi connectivity index (χ2n) is 10.6. The van der Waals surface area contributed by atoms with Gasteiger partial charge in [-0.2, -0.15) is 0 Å². The Hall–Kier alpha value is -4.86. The maximum Gasteiger partial charge on any atom is 0.0620 e. The highest BCUT2D eigenvalue weighted by Crippen LogP contribution is 2.51. The first-order chi connectivity index (χ1) is 21.3. The van der Waals surface area contributed by atoms with Gasteiger partial charge in [0.05, 0.1) is 11.4 Å². The van der Waals surface area contributed by atoms with Crippen molar-refractivity contribution in [2.75, 3.05) is 15.1 Å². The molecule has 0 spiro atoms. The van der Waals surface area contributed by atoms with Crippen molar-refractivity contribution in [2.45, 2.75) is 6.42 Å². The number of para-hydroxylation sites is 4. The van der Waals surface area contributed by atoms with Gasteiger partial charge in [-0.3, -0.25) is 0 Å². The van der Waals surface area contributed by atoms with E-state index >= 15 is 0 Å². The molecule has 7 aromatic carbocycles. The Morgan fingerprint density at radius 1 is 0.372 bits per heavy atom. The van der Waals surface area contributed by atoms with E-state index in [-0.39, 0.29) is 0 Å². The molecule has 0 saturated heterocycles. The summed E-state index contributed by atoms with van der Waals surface area (Å²) in [5.41, 5.74) is 8.17. The predicted molar refractivity (Wildman–Crippen MR) is 188 cm³/mol. The molecule has 0 unspecified atom stereocenters. The lowest BCUT2D eigenvalue weighted by atomic mass is 9.93. The van der Waals surface area contributed by atoms with E-state index in [1.165, 1.54) is 38.5 Å². The molecule has 0 fully saturated rings. The Labute approximate surface area is 261 Å². The number of nitrogens with zero attached hydrogens (tertiary/aromatic N) is 2. The molecule has 0 atom stereocenters. The van der Waals surface area contributed by atoms with Gasteiger partial charge >= 0.3 is 0 Å². The topological polar surface area (TPSA) is 6.48 Å². The fraction of sp³-hybridized carbons (Fsp3) is 0.0500. The van der Waals surface area contributed by atoms with Crippen LogP contribution in [0, 0.1) is 0 Å². The third-order valence-corrected chi connectivity index (χ3v) is 8.32. The average molecular weight is 620 g/mol. The summed E-state index contributed by atoms with van der Waals surface area (Å²) in [7, 11) is 0. The van der Waals surface area contributed by atoms with Crippen LogP contribution in [0.2, 0.25) is 0 Å². The zero-order valence-electron chi connectivity index (χ0n) is 23.8. The smallest absolute Gasteiger partial charge is 0.0620 e. The van der Waals surface area contributed by atoms with Crippen molar-refractivity contribution in [3.63, 3.8) is 0 Å².